The molecule has 0 radical (unpaired) electrons. The van der Waals surface area contributed by atoms with E-state index in [0.29, 0.717) is 0 Å². The second kappa shape index (κ2) is 12.1. The van der Waals surface area contributed by atoms with Crippen molar-refractivity contribution < 1.29 is 38.1 Å². The predicted molar refractivity (Wildman–Crippen MR) is 148 cm³/mol. The lowest BCUT2D eigenvalue weighted by molar-refractivity contribution is -0.126. The number of hydrogen-bond donors (Lipinski definition) is 4. The van der Waals surface area contributed by atoms with Crippen molar-refractivity contribution in [1.82, 2.24) is 10.2 Å². The molecular formula is C28H31Cl2F2N3O6. The number of ether oxygens (including phenoxy) is 1. The molecule has 1 saturated heterocycles. The molecule has 13 heteroatoms. The number of carbonyl (C=O) groups is 3. The van der Waals surface area contributed by atoms with Crippen molar-refractivity contribution in [2.24, 2.45) is 5.92 Å². The van der Waals surface area contributed by atoms with Crippen LogP contribution in [0.3, 0.4) is 0 Å². The highest BCUT2D eigenvalue weighted by atomic mass is 35.5. The van der Waals surface area contributed by atoms with Gasteiger partial charge in [0.25, 0.3) is 0 Å². The average Bonchev–Trinajstić information content (AvgIpc) is 3.37. The van der Waals surface area contributed by atoms with Crippen LogP contribution in [0.25, 0.3) is 0 Å². The maximum Gasteiger partial charge on any atom is 0.410 e. The first-order valence-electron chi connectivity index (χ1n) is 13.1. The number of fused-ring (bicyclic) bond motifs is 2. The number of anilines is 1. The standard InChI is InChI=1S/C28H31Cl2F2N3O6/c1-13(2)8-22-28(16-10-20(32)18(30)11-21(16)34-26(28)39)23(14-4-5-19(31)17(29)9-14)24(35(22)27(40)41-3)25(38)33-7-6-15(37)12-36/h4-5,9-11,13,15,22-24,36-37H,6-8,12H2,1-3H3,(H,33,38)(H,34,39)/t15-,22+,23-,24+,28-/m0/s1. The Morgan fingerprint density at radius 3 is 2.46 bits per heavy atom. The Morgan fingerprint density at radius 2 is 1.85 bits per heavy atom. The van der Waals surface area contributed by atoms with Crippen molar-refractivity contribution >= 4 is 46.8 Å². The van der Waals surface area contributed by atoms with E-state index in [4.69, 9.17) is 33.0 Å². The zero-order valence-corrected chi connectivity index (χ0v) is 24.1. The summed E-state index contributed by atoms with van der Waals surface area (Å²) in [4.78, 5) is 42.8. The fourth-order valence-electron chi connectivity index (χ4n) is 6.09. The molecule has 1 fully saturated rings. The predicted octanol–water partition coefficient (Wildman–Crippen LogP) is 3.97. The van der Waals surface area contributed by atoms with Crippen molar-refractivity contribution in [3.8, 4) is 0 Å². The van der Waals surface area contributed by atoms with Crippen molar-refractivity contribution in [1.29, 1.82) is 0 Å². The maximum absolute atomic E-state index is 15.1. The van der Waals surface area contributed by atoms with Crippen LogP contribution in [-0.4, -0.2) is 71.5 Å². The van der Waals surface area contributed by atoms with Gasteiger partial charge in [-0.15, -0.1) is 0 Å². The van der Waals surface area contributed by atoms with Crippen LogP contribution in [-0.2, 0) is 19.7 Å². The largest absolute Gasteiger partial charge is 0.453 e. The van der Waals surface area contributed by atoms with E-state index in [0.717, 1.165) is 19.2 Å². The van der Waals surface area contributed by atoms with Crippen LogP contribution < -0.4 is 10.6 Å². The monoisotopic (exact) mass is 613 g/mol. The molecule has 4 rings (SSSR count). The number of aliphatic hydroxyl groups excluding tert-OH is 2. The smallest absolute Gasteiger partial charge is 0.410 e. The van der Waals surface area contributed by atoms with Crippen LogP contribution >= 0.6 is 23.2 Å². The van der Waals surface area contributed by atoms with Crippen molar-refractivity contribution in [3.63, 3.8) is 0 Å². The number of rotatable bonds is 8. The van der Waals surface area contributed by atoms with Gasteiger partial charge in [-0.25, -0.2) is 13.6 Å². The maximum atomic E-state index is 15.1. The number of likely N-dealkylation sites (tertiary alicyclic amines) is 1. The highest BCUT2D eigenvalue weighted by Gasteiger charge is 2.70. The number of aliphatic hydroxyl groups is 2. The van der Waals surface area contributed by atoms with Gasteiger partial charge >= 0.3 is 6.09 Å². The number of carbonyl (C=O) groups excluding carboxylic acids is 3. The number of nitrogens with one attached hydrogen (secondary N) is 2. The van der Waals surface area contributed by atoms with E-state index < -0.39 is 65.7 Å². The van der Waals surface area contributed by atoms with Gasteiger partial charge in [-0.1, -0.05) is 43.1 Å². The van der Waals surface area contributed by atoms with Gasteiger partial charge in [0.1, 0.15) is 23.1 Å². The average molecular weight is 614 g/mol. The van der Waals surface area contributed by atoms with Crippen LogP contribution in [0, 0.1) is 17.6 Å². The molecule has 0 saturated carbocycles. The molecule has 2 aliphatic heterocycles. The summed E-state index contributed by atoms with van der Waals surface area (Å²) in [6, 6.07) is 3.70. The summed E-state index contributed by atoms with van der Waals surface area (Å²) in [6.07, 6.45) is -1.79. The van der Waals surface area contributed by atoms with Crippen LogP contribution in [0.15, 0.2) is 30.3 Å². The summed E-state index contributed by atoms with van der Waals surface area (Å²) in [5.41, 5.74) is -1.09. The number of halogens is 4. The third kappa shape index (κ3) is 5.36. The van der Waals surface area contributed by atoms with Gasteiger partial charge in [-0.2, -0.15) is 0 Å². The van der Waals surface area contributed by atoms with Crippen LogP contribution in [0.5, 0.6) is 0 Å². The summed E-state index contributed by atoms with van der Waals surface area (Å²) in [5.74, 6) is -4.15. The lowest BCUT2D eigenvalue weighted by atomic mass is 9.63. The molecule has 3 amide bonds. The molecule has 222 valence electrons. The van der Waals surface area contributed by atoms with Gasteiger partial charge in [-0.3, -0.25) is 14.5 Å². The minimum Gasteiger partial charge on any atom is -0.453 e. The molecule has 5 atom stereocenters. The first-order valence-corrected chi connectivity index (χ1v) is 13.8. The zero-order valence-electron chi connectivity index (χ0n) is 22.6. The molecule has 0 aromatic heterocycles. The third-order valence-corrected chi connectivity index (χ3v) is 8.32. The molecule has 2 aromatic rings. The van der Waals surface area contributed by atoms with Gasteiger partial charge in [-0.05, 0) is 54.2 Å². The normalized spacial score (nSPS) is 24.0. The van der Waals surface area contributed by atoms with E-state index in [1.54, 1.807) is 0 Å². The van der Waals surface area contributed by atoms with Gasteiger partial charge in [0, 0.05) is 18.2 Å². The number of nitrogens with zero attached hydrogens (tertiary/aromatic N) is 1. The Kier molecular flexibility index (Phi) is 9.13. The molecule has 41 heavy (non-hydrogen) atoms. The fourth-order valence-corrected chi connectivity index (χ4v) is 6.44. The molecular weight excluding hydrogens is 583 g/mol. The van der Waals surface area contributed by atoms with E-state index in [1.807, 2.05) is 13.8 Å². The van der Waals surface area contributed by atoms with Crippen molar-refractivity contribution in [2.75, 3.05) is 25.6 Å². The van der Waals surface area contributed by atoms with E-state index >= 15 is 4.39 Å². The summed E-state index contributed by atoms with van der Waals surface area (Å²) in [5, 5.41) is 23.8. The van der Waals surface area contributed by atoms with Crippen LogP contribution in [0.1, 0.15) is 43.7 Å². The minimum atomic E-state index is -1.74. The van der Waals surface area contributed by atoms with Crippen molar-refractivity contribution in [3.05, 3.63) is 63.1 Å². The molecule has 1 spiro atoms. The van der Waals surface area contributed by atoms with Crippen LogP contribution in [0.2, 0.25) is 10.0 Å². The summed E-state index contributed by atoms with van der Waals surface area (Å²) >= 11 is 12.2. The molecule has 9 nitrogen and oxygen atoms in total. The van der Waals surface area contributed by atoms with E-state index in [2.05, 4.69) is 10.6 Å². The van der Waals surface area contributed by atoms with E-state index in [1.165, 1.54) is 23.1 Å². The van der Waals surface area contributed by atoms with Gasteiger partial charge in [0.05, 0.1) is 35.9 Å². The van der Waals surface area contributed by atoms with Crippen LogP contribution in [0.4, 0.5) is 19.3 Å². The molecule has 0 unspecified atom stereocenters. The lowest BCUT2D eigenvalue weighted by Gasteiger charge is -2.36. The van der Waals surface area contributed by atoms with Gasteiger partial charge in [0.15, 0.2) is 0 Å². The van der Waals surface area contributed by atoms with Gasteiger partial charge < -0.3 is 25.6 Å². The number of benzene rings is 2. The Balaban J connectivity index is 2.03. The van der Waals surface area contributed by atoms with Crippen molar-refractivity contribution in [2.45, 2.75) is 56.2 Å². The summed E-state index contributed by atoms with van der Waals surface area (Å²) < 4.78 is 34.5. The SMILES string of the molecule is COC(=O)N1[C@@H](C(=O)NCC[C@H](O)CO)[C@H](c2ccc(F)c(Cl)c2)[C@@]2(C(=O)Nc3cc(Cl)c(F)cc32)[C@H]1CC(C)C. The van der Waals surface area contributed by atoms with E-state index in [9.17, 15) is 23.9 Å². The molecule has 0 aliphatic carbocycles. The summed E-state index contributed by atoms with van der Waals surface area (Å²) in [7, 11) is 1.14. The number of methoxy groups -OCH3 is 1. The zero-order chi connectivity index (χ0) is 30.2. The summed E-state index contributed by atoms with van der Waals surface area (Å²) in [6.45, 7) is 3.15. The quantitative estimate of drug-likeness (QED) is 0.357. The number of hydrogen-bond acceptors (Lipinski definition) is 6. The van der Waals surface area contributed by atoms with Gasteiger partial charge in [0.2, 0.25) is 11.8 Å². The Labute approximate surface area is 245 Å². The fraction of sp³-hybridized carbons (Fsp3) is 0.464. The second-order valence-corrected chi connectivity index (χ2v) is 11.5. The highest BCUT2D eigenvalue weighted by Crippen LogP contribution is 2.59. The molecule has 0 bridgehead atoms. The lowest BCUT2D eigenvalue weighted by Crippen LogP contribution is -2.52. The Morgan fingerprint density at radius 1 is 1.17 bits per heavy atom. The topological polar surface area (TPSA) is 128 Å². The molecule has 2 aliphatic rings. The molecule has 2 heterocycles. The second-order valence-electron chi connectivity index (χ2n) is 10.7. The molecule has 4 N–H and O–H groups in total. The first kappa shape index (κ1) is 31.0. The Hall–Kier alpha value is -2.99. The molecule has 2 aromatic carbocycles. The first-order chi connectivity index (χ1) is 19.4. The Bertz CT molecular complexity index is 1360. The number of amides is 3. The highest BCUT2D eigenvalue weighted by molar-refractivity contribution is 6.31. The third-order valence-electron chi connectivity index (χ3n) is 7.74. The van der Waals surface area contributed by atoms with E-state index in [-0.39, 0.29) is 52.2 Å². The minimum absolute atomic E-state index is 0.00776.